The van der Waals surface area contributed by atoms with Crippen LogP contribution in [0.2, 0.25) is 0 Å². The molecule has 1 N–H and O–H groups in total. The van der Waals surface area contributed by atoms with Crippen LogP contribution in [0.25, 0.3) is 22.0 Å². The minimum absolute atomic E-state index is 0.163. The Morgan fingerprint density at radius 2 is 1.81 bits per heavy atom. The normalized spacial score (nSPS) is 15.9. The second kappa shape index (κ2) is 8.95. The number of H-pyrrole nitrogens is 1. The lowest BCUT2D eigenvalue weighted by atomic mass is 9.96. The lowest BCUT2D eigenvalue weighted by molar-refractivity contribution is -0.127. The number of aromatic amines is 1. The van der Waals surface area contributed by atoms with Crippen molar-refractivity contribution in [2.45, 2.75) is 13.0 Å². The number of carbonyl (C=O) groups is 2. The van der Waals surface area contributed by atoms with E-state index in [0.29, 0.717) is 40.0 Å². The molecule has 2 aromatic carbocycles. The molecule has 0 spiro atoms. The van der Waals surface area contributed by atoms with Crippen LogP contribution < -0.4 is 25.2 Å². The number of rotatable bonds is 6. The van der Waals surface area contributed by atoms with Gasteiger partial charge < -0.3 is 24.3 Å². The predicted octanol–water partition coefficient (Wildman–Crippen LogP) is 1.76. The van der Waals surface area contributed by atoms with Crippen molar-refractivity contribution in [1.82, 2.24) is 14.9 Å². The fourth-order valence-electron chi connectivity index (χ4n) is 4.84. The van der Waals surface area contributed by atoms with E-state index in [4.69, 9.17) is 9.47 Å². The monoisotopic (exact) mass is 488 g/mol. The molecule has 0 bridgehead atoms. The van der Waals surface area contributed by atoms with Crippen LogP contribution in [0.1, 0.15) is 17.3 Å². The van der Waals surface area contributed by atoms with Gasteiger partial charge in [0.05, 0.1) is 36.9 Å². The zero-order valence-electron chi connectivity index (χ0n) is 20.0. The first-order valence-electron chi connectivity index (χ1n) is 11.4. The Balaban J connectivity index is 1.39. The average molecular weight is 489 g/mol. The maximum Gasteiger partial charge on any atom is 0.295 e. The first-order valence-corrected chi connectivity index (χ1v) is 11.4. The Kier molecular flexibility index (Phi) is 5.79. The van der Waals surface area contributed by atoms with E-state index < -0.39 is 22.5 Å². The van der Waals surface area contributed by atoms with Crippen LogP contribution in [0.15, 0.2) is 52.3 Å². The topological polar surface area (TPSA) is 122 Å². The van der Waals surface area contributed by atoms with Crippen molar-refractivity contribution in [2.75, 3.05) is 38.8 Å². The lowest BCUT2D eigenvalue weighted by Crippen LogP contribution is -2.58. The number of benzene rings is 1. The summed E-state index contributed by atoms with van der Waals surface area (Å²) in [5.41, 5.74) is 1.06. The highest BCUT2D eigenvalue weighted by Crippen LogP contribution is 2.34. The van der Waals surface area contributed by atoms with Crippen LogP contribution in [0.5, 0.6) is 11.6 Å². The van der Waals surface area contributed by atoms with Crippen molar-refractivity contribution in [1.29, 1.82) is 0 Å². The quantitative estimate of drug-likeness (QED) is 0.322. The molecule has 36 heavy (non-hydrogen) atoms. The second-order valence-electron chi connectivity index (χ2n) is 8.66. The van der Waals surface area contributed by atoms with Crippen LogP contribution >= 0.6 is 0 Å². The molecule has 1 amide bonds. The van der Waals surface area contributed by atoms with Crippen LogP contribution in [-0.4, -0.2) is 66.5 Å². The zero-order valence-corrected chi connectivity index (χ0v) is 20.0. The first-order chi connectivity index (χ1) is 17.4. The fourth-order valence-corrected chi connectivity index (χ4v) is 4.84. The number of amides is 1. The molecule has 1 saturated heterocycles. The summed E-state index contributed by atoms with van der Waals surface area (Å²) in [6.45, 7) is 2.63. The van der Waals surface area contributed by atoms with Crippen molar-refractivity contribution >= 4 is 28.3 Å². The van der Waals surface area contributed by atoms with E-state index in [1.54, 1.807) is 12.1 Å². The smallest absolute Gasteiger partial charge is 0.295 e. The second-order valence-corrected chi connectivity index (χ2v) is 8.66. The van der Waals surface area contributed by atoms with E-state index in [1.807, 2.05) is 30.0 Å². The number of pyridine rings is 1. The number of aromatic nitrogens is 2. The molecule has 0 radical (unpaired) electrons. The summed E-state index contributed by atoms with van der Waals surface area (Å²) >= 11 is 0. The van der Waals surface area contributed by atoms with Crippen molar-refractivity contribution in [3.05, 3.63) is 68.7 Å². The maximum absolute atomic E-state index is 13.3. The van der Waals surface area contributed by atoms with Gasteiger partial charge in [0.2, 0.25) is 16.7 Å². The summed E-state index contributed by atoms with van der Waals surface area (Å²) in [6.07, 6.45) is 2.89. The van der Waals surface area contributed by atoms with E-state index in [0.717, 1.165) is 0 Å². The fraction of sp³-hybridized carbons (Fsp3) is 0.269. The van der Waals surface area contributed by atoms with E-state index >= 15 is 0 Å². The standard InChI is InChI=1S/C26H24N4O6/c1-14-13-29(9-10-30(14)21-18(23(32)24(21)33)15-7-5-4-6-8-15)26(34)22(31)16-11-27-20-19(16)17(35-2)12-28-25(20)36-3/h4-8,11-12,14,27H,9-10,13H2,1-3H3/t14-/m1/s1. The number of nitrogens with one attached hydrogen (secondary N) is 1. The highest BCUT2D eigenvalue weighted by atomic mass is 16.5. The van der Waals surface area contributed by atoms with E-state index in [2.05, 4.69) is 9.97 Å². The van der Waals surface area contributed by atoms with Crippen molar-refractivity contribution in [3.8, 4) is 22.8 Å². The van der Waals surface area contributed by atoms with Gasteiger partial charge in [-0.15, -0.1) is 0 Å². The van der Waals surface area contributed by atoms with Gasteiger partial charge in [-0.25, -0.2) is 4.98 Å². The summed E-state index contributed by atoms with van der Waals surface area (Å²) < 4.78 is 10.6. The molecule has 1 atom stereocenters. The molecule has 2 aromatic heterocycles. The summed E-state index contributed by atoms with van der Waals surface area (Å²) in [7, 11) is 2.92. The Morgan fingerprint density at radius 1 is 1.06 bits per heavy atom. The van der Waals surface area contributed by atoms with Crippen molar-refractivity contribution in [2.24, 2.45) is 0 Å². The van der Waals surface area contributed by atoms with Gasteiger partial charge >= 0.3 is 0 Å². The summed E-state index contributed by atoms with van der Waals surface area (Å²) in [5.74, 6) is -0.724. The molecule has 1 aliphatic heterocycles. The van der Waals surface area contributed by atoms with Gasteiger partial charge in [-0.2, -0.15) is 0 Å². The van der Waals surface area contributed by atoms with E-state index in [-0.39, 0.29) is 30.6 Å². The van der Waals surface area contributed by atoms with Crippen LogP contribution in [0, 0.1) is 0 Å². The Morgan fingerprint density at radius 3 is 2.47 bits per heavy atom. The number of Topliss-reactive ketones (excluding diaryl/α,β-unsaturated/α-hetero) is 1. The number of carbonyl (C=O) groups excluding carboxylic acids is 2. The number of anilines is 1. The molecule has 0 unspecified atom stereocenters. The molecule has 0 aliphatic carbocycles. The number of hydrogen-bond donors (Lipinski definition) is 1. The molecule has 10 nitrogen and oxygen atoms in total. The highest BCUT2D eigenvalue weighted by Gasteiger charge is 2.36. The van der Waals surface area contributed by atoms with Gasteiger partial charge in [0, 0.05) is 31.9 Å². The van der Waals surface area contributed by atoms with Gasteiger partial charge in [0.1, 0.15) is 17.0 Å². The van der Waals surface area contributed by atoms with Crippen LogP contribution in [0.4, 0.5) is 5.69 Å². The van der Waals surface area contributed by atoms with Crippen LogP contribution in [0.3, 0.4) is 0 Å². The number of methoxy groups -OCH3 is 2. The minimum atomic E-state index is -0.687. The number of hydrogen-bond acceptors (Lipinski definition) is 8. The number of fused-ring (bicyclic) bond motifs is 1. The third kappa shape index (κ3) is 3.53. The summed E-state index contributed by atoms with van der Waals surface area (Å²) in [6, 6.07) is 8.78. The molecule has 4 aromatic rings. The largest absolute Gasteiger partial charge is 0.494 e. The molecule has 184 valence electrons. The lowest BCUT2D eigenvalue weighted by Gasteiger charge is -2.41. The van der Waals surface area contributed by atoms with Gasteiger partial charge in [0.25, 0.3) is 11.7 Å². The summed E-state index contributed by atoms with van der Waals surface area (Å²) in [4.78, 5) is 61.8. The number of ketones is 1. The van der Waals surface area contributed by atoms with Gasteiger partial charge in [-0.1, -0.05) is 30.3 Å². The molecular weight excluding hydrogens is 464 g/mol. The molecule has 5 rings (SSSR count). The number of nitrogens with zero attached hydrogens (tertiary/aromatic N) is 3. The SMILES string of the molecule is COc1ncc(OC)c2c(C(=O)C(=O)N3CCN(c4c(-c5ccccc5)c(=O)c4=O)[C@H](C)C3)c[nH]c12. The van der Waals surface area contributed by atoms with Gasteiger partial charge in [-0.3, -0.25) is 19.2 Å². The van der Waals surface area contributed by atoms with Crippen molar-refractivity contribution in [3.63, 3.8) is 0 Å². The molecule has 0 saturated carbocycles. The van der Waals surface area contributed by atoms with Gasteiger partial charge in [0.15, 0.2) is 0 Å². The molecule has 10 heteroatoms. The average Bonchev–Trinajstić information content (AvgIpc) is 3.36. The molecule has 1 fully saturated rings. The van der Waals surface area contributed by atoms with Crippen molar-refractivity contribution < 1.29 is 19.1 Å². The molecule has 1 aliphatic rings. The summed E-state index contributed by atoms with van der Waals surface area (Å²) in [5, 5.41) is 0.422. The maximum atomic E-state index is 13.3. The zero-order chi connectivity index (χ0) is 25.6. The molecule has 3 heterocycles. The third-order valence-electron chi connectivity index (χ3n) is 6.64. The highest BCUT2D eigenvalue weighted by molar-refractivity contribution is 6.45. The Labute approximate surface area is 205 Å². The van der Waals surface area contributed by atoms with Gasteiger partial charge in [-0.05, 0) is 12.5 Å². The van der Waals surface area contributed by atoms with E-state index in [9.17, 15) is 19.2 Å². The Hall–Kier alpha value is -4.47. The van der Waals surface area contributed by atoms with E-state index in [1.165, 1.54) is 31.5 Å². The first kappa shape index (κ1) is 23.3. The Bertz CT molecular complexity index is 1550. The molecular formula is C26H24N4O6. The third-order valence-corrected chi connectivity index (χ3v) is 6.64. The number of ether oxygens (including phenoxy) is 2. The minimum Gasteiger partial charge on any atom is -0.494 e. The predicted molar refractivity (Wildman–Crippen MR) is 134 cm³/mol. The van der Waals surface area contributed by atoms with Crippen LogP contribution in [-0.2, 0) is 4.79 Å². The number of piperazine rings is 1.